The second-order valence-electron chi connectivity index (χ2n) is 6.25. The van der Waals surface area contributed by atoms with E-state index in [4.69, 9.17) is 0 Å². The summed E-state index contributed by atoms with van der Waals surface area (Å²) in [5.41, 5.74) is 1.51. The molecule has 2 heterocycles. The normalized spacial score (nSPS) is 15.9. The standard InChI is InChI=1S/C20H22N2O3S2/c1-2-12-21(16-19-5-3-14-26-19)20(23)11-8-17-6-9-18(10-7-17)22-13-4-15-27(22,24)25/h2-3,5-11,14H,1,4,12-13,15-16H2/b11-8+. The van der Waals surface area contributed by atoms with E-state index in [-0.39, 0.29) is 11.7 Å². The smallest absolute Gasteiger partial charge is 0.247 e. The van der Waals surface area contributed by atoms with Crippen LogP contribution in [0.1, 0.15) is 16.9 Å². The zero-order valence-corrected chi connectivity index (χ0v) is 16.6. The molecule has 2 aromatic rings. The Hall–Kier alpha value is -2.38. The van der Waals surface area contributed by atoms with Crippen molar-refractivity contribution >= 4 is 39.0 Å². The molecule has 1 amide bonds. The van der Waals surface area contributed by atoms with E-state index < -0.39 is 10.0 Å². The summed E-state index contributed by atoms with van der Waals surface area (Å²) in [5.74, 6) is 0.112. The third-order valence-electron chi connectivity index (χ3n) is 4.29. The minimum absolute atomic E-state index is 0.0884. The monoisotopic (exact) mass is 402 g/mol. The first-order valence-electron chi connectivity index (χ1n) is 8.70. The summed E-state index contributed by atoms with van der Waals surface area (Å²) in [4.78, 5) is 15.3. The quantitative estimate of drug-likeness (QED) is 0.526. The van der Waals surface area contributed by atoms with Gasteiger partial charge in [0.2, 0.25) is 15.9 Å². The Morgan fingerprint density at radius 1 is 1.26 bits per heavy atom. The molecular formula is C20H22N2O3S2. The van der Waals surface area contributed by atoms with Crippen molar-refractivity contribution < 1.29 is 13.2 Å². The third kappa shape index (κ3) is 4.87. The molecule has 0 atom stereocenters. The first kappa shape index (κ1) is 19.4. The average molecular weight is 403 g/mol. The molecule has 0 N–H and O–H groups in total. The third-order valence-corrected chi connectivity index (χ3v) is 7.02. The molecule has 142 valence electrons. The lowest BCUT2D eigenvalue weighted by Gasteiger charge is -2.18. The number of amides is 1. The molecule has 0 aliphatic carbocycles. The van der Waals surface area contributed by atoms with Crippen molar-refractivity contribution in [2.24, 2.45) is 0 Å². The highest BCUT2D eigenvalue weighted by Crippen LogP contribution is 2.24. The second-order valence-corrected chi connectivity index (χ2v) is 9.30. The Morgan fingerprint density at radius 2 is 2.04 bits per heavy atom. The molecule has 3 rings (SSSR count). The highest BCUT2D eigenvalue weighted by Gasteiger charge is 2.28. The van der Waals surface area contributed by atoms with Gasteiger partial charge in [0.1, 0.15) is 0 Å². The van der Waals surface area contributed by atoms with E-state index in [0.29, 0.717) is 31.7 Å². The van der Waals surface area contributed by atoms with E-state index >= 15 is 0 Å². The number of hydrogen-bond acceptors (Lipinski definition) is 4. The van der Waals surface area contributed by atoms with Gasteiger partial charge in [0.25, 0.3) is 0 Å². The van der Waals surface area contributed by atoms with Gasteiger partial charge in [0.05, 0.1) is 18.0 Å². The predicted octanol–water partition coefficient (Wildman–Crippen LogP) is 3.52. The SMILES string of the molecule is C=CCN(Cc1cccs1)C(=O)/C=C/c1ccc(N2CCCS2(=O)=O)cc1. The Morgan fingerprint density at radius 3 is 2.63 bits per heavy atom. The second kappa shape index (κ2) is 8.54. The predicted molar refractivity (Wildman–Crippen MR) is 111 cm³/mol. The Labute approximate surface area is 164 Å². The van der Waals surface area contributed by atoms with Crippen molar-refractivity contribution in [1.82, 2.24) is 4.90 Å². The molecule has 5 nitrogen and oxygen atoms in total. The summed E-state index contributed by atoms with van der Waals surface area (Å²) >= 11 is 1.62. The van der Waals surface area contributed by atoms with E-state index in [2.05, 4.69) is 6.58 Å². The molecule has 7 heteroatoms. The molecule has 0 radical (unpaired) electrons. The van der Waals surface area contributed by atoms with Crippen molar-refractivity contribution in [3.8, 4) is 0 Å². The molecule has 1 aliphatic heterocycles. The lowest BCUT2D eigenvalue weighted by atomic mass is 10.2. The van der Waals surface area contributed by atoms with E-state index in [9.17, 15) is 13.2 Å². The van der Waals surface area contributed by atoms with Gasteiger partial charge in [0, 0.05) is 24.0 Å². The summed E-state index contributed by atoms with van der Waals surface area (Å²) in [6.45, 7) is 5.28. The molecule has 1 fully saturated rings. The number of anilines is 1. The van der Waals surface area contributed by atoms with Gasteiger partial charge in [0.15, 0.2) is 0 Å². The fraction of sp³-hybridized carbons (Fsp3) is 0.250. The molecule has 1 aromatic heterocycles. The van der Waals surface area contributed by atoms with Crippen molar-refractivity contribution in [2.45, 2.75) is 13.0 Å². The van der Waals surface area contributed by atoms with Gasteiger partial charge < -0.3 is 4.90 Å². The van der Waals surface area contributed by atoms with Crippen LogP contribution in [0.3, 0.4) is 0 Å². The minimum Gasteiger partial charge on any atom is -0.330 e. The molecular weight excluding hydrogens is 380 g/mol. The van der Waals surface area contributed by atoms with Crippen LogP contribution >= 0.6 is 11.3 Å². The summed E-state index contributed by atoms with van der Waals surface area (Å²) in [6.07, 6.45) is 5.65. The first-order valence-corrected chi connectivity index (χ1v) is 11.2. The van der Waals surface area contributed by atoms with Crippen molar-refractivity contribution in [3.63, 3.8) is 0 Å². The highest BCUT2D eigenvalue weighted by atomic mass is 32.2. The average Bonchev–Trinajstić information content (AvgIpc) is 3.28. The molecule has 0 saturated carbocycles. The molecule has 0 unspecified atom stereocenters. The van der Waals surface area contributed by atoms with E-state index in [1.807, 2.05) is 29.6 Å². The number of carbonyl (C=O) groups excluding carboxylic acids is 1. The molecule has 1 aromatic carbocycles. The summed E-state index contributed by atoms with van der Waals surface area (Å²) in [7, 11) is -3.18. The van der Waals surface area contributed by atoms with Crippen LogP contribution < -0.4 is 4.31 Å². The fourth-order valence-electron chi connectivity index (χ4n) is 2.93. The Bertz CT molecular complexity index is 917. The number of thiophene rings is 1. The van der Waals surface area contributed by atoms with Gasteiger partial charge in [-0.25, -0.2) is 8.42 Å². The summed E-state index contributed by atoms with van der Waals surface area (Å²) < 4.78 is 25.4. The van der Waals surface area contributed by atoms with Crippen molar-refractivity contribution in [3.05, 3.63) is 70.9 Å². The minimum atomic E-state index is -3.18. The number of benzene rings is 1. The molecule has 27 heavy (non-hydrogen) atoms. The zero-order chi connectivity index (χ0) is 19.3. The van der Waals surface area contributed by atoms with Gasteiger partial charge in [-0.05, 0) is 41.6 Å². The van der Waals surface area contributed by atoms with E-state index in [1.54, 1.807) is 46.6 Å². The van der Waals surface area contributed by atoms with Crippen LogP contribution in [-0.2, 0) is 21.4 Å². The fourth-order valence-corrected chi connectivity index (χ4v) is 5.22. The zero-order valence-electron chi connectivity index (χ0n) is 15.0. The van der Waals surface area contributed by atoms with E-state index in [1.165, 1.54) is 4.31 Å². The molecule has 1 saturated heterocycles. The Kier molecular flexibility index (Phi) is 6.13. The number of rotatable bonds is 7. The summed E-state index contributed by atoms with van der Waals surface area (Å²) in [6, 6.07) is 11.2. The van der Waals surface area contributed by atoms with Gasteiger partial charge in [-0.15, -0.1) is 17.9 Å². The highest BCUT2D eigenvalue weighted by molar-refractivity contribution is 7.93. The number of carbonyl (C=O) groups is 1. The van der Waals surface area contributed by atoms with Gasteiger partial charge in [-0.3, -0.25) is 9.10 Å². The number of nitrogens with zero attached hydrogens (tertiary/aromatic N) is 2. The lowest BCUT2D eigenvalue weighted by molar-refractivity contribution is -0.126. The largest absolute Gasteiger partial charge is 0.330 e. The van der Waals surface area contributed by atoms with Crippen LogP contribution in [0.4, 0.5) is 5.69 Å². The molecule has 0 bridgehead atoms. The van der Waals surface area contributed by atoms with Gasteiger partial charge >= 0.3 is 0 Å². The van der Waals surface area contributed by atoms with Gasteiger partial charge in [-0.1, -0.05) is 24.3 Å². The van der Waals surface area contributed by atoms with Crippen LogP contribution in [-0.4, -0.2) is 38.1 Å². The van der Waals surface area contributed by atoms with Crippen molar-refractivity contribution in [2.75, 3.05) is 23.1 Å². The van der Waals surface area contributed by atoms with Crippen molar-refractivity contribution in [1.29, 1.82) is 0 Å². The maximum atomic E-state index is 12.5. The molecule has 0 spiro atoms. The van der Waals surface area contributed by atoms with Crippen LogP contribution in [0.2, 0.25) is 0 Å². The lowest BCUT2D eigenvalue weighted by Crippen LogP contribution is -2.28. The number of sulfonamides is 1. The van der Waals surface area contributed by atoms with Crippen LogP contribution in [0.15, 0.2) is 60.5 Å². The Balaban J connectivity index is 1.67. The van der Waals surface area contributed by atoms with E-state index in [0.717, 1.165) is 10.4 Å². The maximum absolute atomic E-state index is 12.5. The topological polar surface area (TPSA) is 57.7 Å². The first-order chi connectivity index (χ1) is 13.0. The van der Waals surface area contributed by atoms with Crippen LogP contribution in [0, 0.1) is 0 Å². The van der Waals surface area contributed by atoms with Crippen LogP contribution in [0.25, 0.3) is 6.08 Å². The maximum Gasteiger partial charge on any atom is 0.247 e. The van der Waals surface area contributed by atoms with Gasteiger partial charge in [-0.2, -0.15) is 0 Å². The number of hydrogen-bond donors (Lipinski definition) is 0. The molecule has 1 aliphatic rings. The van der Waals surface area contributed by atoms with Crippen LogP contribution in [0.5, 0.6) is 0 Å². The summed E-state index contributed by atoms with van der Waals surface area (Å²) in [5, 5.41) is 1.99.